The Balaban J connectivity index is 1.50. The summed E-state index contributed by atoms with van der Waals surface area (Å²) < 4.78 is 11.3. The van der Waals surface area contributed by atoms with Crippen molar-refractivity contribution in [3.63, 3.8) is 0 Å². The number of aryl methyl sites for hydroxylation is 1. The van der Waals surface area contributed by atoms with Crippen LogP contribution in [0, 0.1) is 0 Å². The topological polar surface area (TPSA) is 47.6 Å². The van der Waals surface area contributed by atoms with Gasteiger partial charge in [0.25, 0.3) is 5.91 Å². The first-order valence-corrected chi connectivity index (χ1v) is 9.23. The molecule has 0 spiro atoms. The van der Waals surface area contributed by atoms with Crippen LogP contribution in [0.1, 0.15) is 18.9 Å². The Labute approximate surface area is 160 Å². The van der Waals surface area contributed by atoms with Gasteiger partial charge in [0.2, 0.25) is 0 Å². The molecule has 0 saturated heterocycles. The van der Waals surface area contributed by atoms with E-state index in [1.54, 1.807) is 14.0 Å². The van der Waals surface area contributed by atoms with Gasteiger partial charge in [-0.1, -0.05) is 54.6 Å². The summed E-state index contributed by atoms with van der Waals surface area (Å²) in [5.74, 6) is 1.50. The Kier molecular flexibility index (Phi) is 6.31. The number of amides is 1. The third kappa shape index (κ3) is 4.79. The number of rotatable bonds is 8. The van der Waals surface area contributed by atoms with Crippen LogP contribution in [0.2, 0.25) is 0 Å². The van der Waals surface area contributed by atoms with Crippen LogP contribution in [0.4, 0.5) is 0 Å². The molecule has 0 fully saturated rings. The van der Waals surface area contributed by atoms with Gasteiger partial charge >= 0.3 is 0 Å². The molecule has 4 heteroatoms. The Morgan fingerprint density at radius 1 is 0.963 bits per heavy atom. The molecule has 3 aromatic carbocycles. The van der Waals surface area contributed by atoms with Crippen LogP contribution in [0.5, 0.6) is 11.5 Å². The van der Waals surface area contributed by atoms with Crippen molar-refractivity contribution in [2.45, 2.75) is 25.9 Å². The van der Waals surface area contributed by atoms with Crippen molar-refractivity contribution in [3.05, 3.63) is 72.3 Å². The number of carbonyl (C=O) groups excluding carboxylic acids is 1. The van der Waals surface area contributed by atoms with Gasteiger partial charge in [0.15, 0.2) is 6.10 Å². The molecule has 3 rings (SSSR count). The number of carbonyl (C=O) groups is 1. The molecule has 0 aliphatic carbocycles. The van der Waals surface area contributed by atoms with Crippen LogP contribution >= 0.6 is 0 Å². The molecule has 0 bridgehead atoms. The molecule has 0 radical (unpaired) electrons. The zero-order chi connectivity index (χ0) is 19.1. The number of benzene rings is 3. The molecule has 0 aliphatic rings. The average Bonchev–Trinajstić information content (AvgIpc) is 2.71. The monoisotopic (exact) mass is 363 g/mol. The van der Waals surface area contributed by atoms with E-state index in [0.717, 1.165) is 40.7 Å². The normalized spacial score (nSPS) is 11.8. The van der Waals surface area contributed by atoms with E-state index >= 15 is 0 Å². The van der Waals surface area contributed by atoms with Gasteiger partial charge in [-0.25, -0.2) is 0 Å². The highest BCUT2D eigenvalue weighted by Gasteiger charge is 2.15. The van der Waals surface area contributed by atoms with Gasteiger partial charge in [0.1, 0.15) is 11.5 Å². The maximum absolute atomic E-state index is 12.4. The highest BCUT2D eigenvalue weighted by atomic mass is 16.5. The third-order valence-corrected chi connectivity index (χ3v) is 4.54. The first-order valence-electron chi connectivity index (χ1n) is 9.23. The van der Waals surface area contributed by atoms with Gasteiger partial charge in [-0.15, -0.1) is 0 Å². The first kappa shape index (κ1) is 18.8. The molecule has 1 amide bonds. The van der Waals surface area contributed by atoms with E-state index in [-0.39, 0.29) is 5.91 Å². The maximum Gasteiger partial charge on any atom is 0.260 e. The van der Waals surface area contributed by atoms with Crippen LogP contribution in [0.15, 0.2) is 66.7 Å². The predicted octanol–water partition coefficient (Wildman–Crippen LogP) is 4.36. The number of nitrogens with one attached hydrogen (secondary N) is 1. The Morgan fingerprint density at radius 3 is 2.52 bits per heavy atom. The second-order valence-electron chi connectivity index (χ2n) is 6.44. The Morgan fingerprint density at radius 2 is 1.67 bits per heavy atom. The van der Waals surface area contributed by atoms with Crippen molar-refractivity contribution in [2.75, 3.05) is 13.7 Å². The van der Waals surface area contributed by atoms with Gasteiger partial charge in [0.05, 0.1) is 7.11 Å². The van der Waals surface area contributed by atoms with Crippen LogP contribution in [0.25, 0.3) is 10.8 Å². The lowest BCUT2D eigenvalue weighted by atomic mass is 10.1. The van der Waals surface area contributed by atoms with E-state index in [9.17, 15) is 4.79 Å². The lowest BCUT2D eigenvalue weighted by Crippen LogP contribution is -2.37. The number of hydrogen-bond acceptors (Lipinski definition) is 3. The molecule has 0 aliphatic heterocycles. The molecule has 140 valence electrons. The molecule has 3 aromatic rings. The van der Waals surface area contributed by atoms with E-state index in [2.05, 4.69) is 5.32 Å². The van der Waals surface area contributed by atoms with Crippen LogP contribution in [-0.2, 0) is 11.2 Å². The molecule has 1 N–H and O–H groups in total. The van der Waals surface area contributed by atoms with Crippen molar-refractivity contribution < 1.29 is 14.3 Å². The minimum Gasteiger partial charge on any atom is -0.496 e. The highest BCUT2D eigenvalue weighted by Crippen LogP contribution is 2.26. The second kappa shape index (κ2) is 9.08. The minimum absolute atomic E-state index is 0.108. The summed E-state index contributed by atoms with van der Waals surface area (Å²) in [5, 5.41) is 5.06. The quantitative estimate of drug-likeness (QED) is 0.605. The lowest BCUT2D eigenvalue weighted by molar-refractivity contribution is -0.127. The smallest absolute Gasteiger partial charge is 0.260 e. The lowest BCUT2D eigenvalue weighted by Gasteiger charge is -2.16. The van der Waals surface area contributed by atoms with E-state index in [4.69, 9.17) is 9.47 Å². The number of hydrogen-bond donors (Lipinski definition) is 1. The maximum atomic E-state index is 12.4. The SMILES string of the molecule is COc1ccccc1CCCNC(=O)[C@H](C)Oc1cccc2ccccc12. The fourth-order valence-electron chi connectivity index (χ4n) is 3.09. The number of methoxy groups -OCH3 is 1. The van der Waals surface area contributed by atoms with E-state index in [0.29, 0.717) is 6.54 Å². The summed E-state index contributed by atoms with van der Waals surface area (Å²) in [6.07, 6.45) is 1.14. The molecule has 0 saturated carbocycles. The molecule has 1 atom stereocenters. The number of para-hydroxylation sites is 1. The molecule has 4 nitrogen and oxygen atoms in total. The summed E-state index contributed by atoms with van der Waals surface area (Å²) in [6, 6.07) is 21.8. The Hall–Kier alpha value is -3.01. The summed E-state index contributed by atoms with van der Waals surface area (Å²) in [5.41, 5.74) is 1.15. The van der Waals surface area contributed by atoms with Crippen molar-refractivity contribution >= 4 is 16.7 Å². The summed E-state index contributed by atoms with van der Waals surface area (Å²) in [7, 11) is 1.67. The standard InChI is InChI=1S/C23H25NO3/c1-17(27-22-15-7-11-18-9-3-5-13-20(18)22)23(25)24-16-8-12-19-10-4-6-14-21(19)26-2/h3-7,9-11,13-15,17H,8,12,16H2,1-2H3,(H,24,25)/t17-/m0/s1. The predicted molar refractivity (Wildman–Crippen MR) is 108 cm³/mol. The van der Waals surface area contributed by atoms with Crippen LogP contribution in [-0.4, -0.2) is 25.7 Å². The van der Waals surface area contributed by atoms with Gasteiger partial charge < -0.3 is 14.8 Å². The largest absolute Gasteiger partial charge is 0.496 e. The van der Waals surface area contributed by atoms with Gasteiger partial charge in [-0.05, 0) is 42.8 Å². The molecule has 0 unspecified atom stereocenters. The zero-order valence-electron chi connectivity index (χ0n) is 15.8. The molecular weight excluding hydrogens is 338 g/mol. The van der Waals surface area contributed by atoms with Gasteiger partial charge in [-0.2, -0.15) is 0 Å². The molecular formula is C23H25NO3. The van der Waals surface area contributed by atoms with E-state index in [1.807, 2.05) is 66.7 Å². The molecule has 0 aromatic heterocycles. The summed E-state index contributed by atoms with van der Waals surface area (Å²) in [4.78, 5) is 12.4. The highest BCUT2D eigenvalue weighted by molar-refractivity contribution is 5.89. The van der Waals surface area contributed by atoms with E-state index < -0.39 is 6.10 Å². The number of ether oxygens (including phenoxy) is 2. The van der Waals surface area contributed by atoms with Crippen molar-refractivity contribution in [1.82, 2.24) is 5.32 Å². The van der Waals surface area contributed by atoms with Crippen molar-refractivity contribution in [1.29, 1.82) is 0 Å². The van der Waals surface area contributed by atoms with Crippen molar-refractivity contribution in [3.8, 4) is 11.5 Å². The second-order valence-corrected chi connectivity index (χ2v) is 6.44. The summed E-state index contributed by atoms with van der Waals surface area (Å²) in [6.45, 7) is 2.37. The fraction of sp³-hybridized carbons (Fsp3) is 0.261. The first-order chi connectivity index (χ1) is 13.2. The van der Waals surface area contributed by atoms with E-state index in [1.165, 1.54) is 0 Å². The number of fused-ring (bicyclic) bond motifs is 1. The van der Waals surface area contributed by atoms with Crippen molar-refractivity contribution in [2.24, 2.45) is 0 Å². The van der Waals surface area contributed by atoms with Crippen LogP contribution < -0.4 is 14.8 Å². The Bertz CT molecular complexity index is 902. The van der Waals surface area contributed by atoms with Gasteiger partial charge in [-0.3, -0.25) is 4.79 Å². The minimum atomic E-state index is -0.554. The van der Waals surface area contributed by atoms with Crippen LogP contribution in [0.3, 0.4) is 0 Å². The summed E-state index contributed by atoms with van der Waals surface area (Å²) >= 11 is 0. The zero-order valence-corrected chi connectivity index (χ0v) is 15.8. The fourth-order valence-corrected chi connectivity index (χ4v) is 3.09. The third-order valence-electron chi connectivity index (χ3n) is 4.54. The molecule has 27 heavy (non-hydrogen) atoms. The molecule has 0 heterocycles. The van der Waals surface area contributed by atoms with Gasteiger partial charge in [0, 0.05) is 11.9 Å². The average molecular weight is 363 g/mol.